The van der Waals surface area contributed by atoms with Crippen molar-refractivity contribution in [2.75, 3.05) is 6.61 Å². The fourth-order valence-corrected chi connectivity index (χ4v) is 4.18. The molecule has 0 unspecified atom stereocenters. The van der Waals surface area contributed by atoms with Gasteiger partial charge in [0.1, 0.15) is 0 Å². The van der Waals surface area contributed by atoms with Gasteiger partial charge in [-0.05, 0) is 64.7 Å². The highest BCUT2D eigenvalue weighted by atomic mass is 16.5. The van der Waals surface area contributed by atoms with Crippen LogP contribution in [0.25, 0.3) is 0 Å². The molecular formula is C25H29NO4. The normalized spacial score (nSPS) is 18.7. The number of benzene rings is 2. The molecule has 158 valence electrons. The minimum atomic E-state index is -0.657. The lowest BCUT2D eigenvalue weighted by molar-refractivity contribution is -0.140. The summed E-state index contributed by atoms with van der Waals surface area (Å²) >= 11 is 0. The number of nitrogens with zero attached hydrogens (tertiary/aromatic N) is 1. The minimum absolute atomic E-state index is 0.137. The number of esters is 1. The summed E-state index contributed by atoms with van der Waals surface area (Å²) in [6.45, 7) is 7.51. The van der Waals surface area contributed by atoms with Gasteiger partial charge >= 0.3 is 5.97 Å². The topological polar surface area (TPSA) is 63.7 Å². The first-order chi connectivity index (χ1) is 14.3. The van der Waals surface area contributed by atoms with Crippen LogP contribution in [0.15, 0.2) is 42.5 Å². The van der Waals surface area contributed by atoms with Crippen molar-refractivity contribution in [1.29, 1.82) is 0 Å². The third-order valence-electron chi connectivity index (χ3n) is 5.84. The van der Waals surface area contributed by atoms with Gasteiger partial charge < -0.3 is 9.64 Å². The highest BCUT2D eigenvalue weighted by Gasteiger charge is 2.30. The zero-order valence-corrected chi connectivity index (χ0v) is 18.1. The van der Waals surface area contributed by atoms with Crippen molar-refractivity contribution < 1.29 is 19.1 Å². The number of ether oxygens (including phenoxy) is 1. The number of ketones is 1. The summed E-state index contributed by atoms with van der Waals surface area (Å²) in [4.78, 5) is 40.4. The van der Waals surface area contributed by atoms with Crippen LogP contribution >= 0.6 is 0 Å². The Morgan fingerprint density at radius 1 is 0.933 bits per heavy atom. The van der Waals surface area contributed by atoms with Gasteiger partial charge in [0.15, 0.2) is 12.4 Å². The molecule has 0 spiro atoms. The number of carbonyl (C=O) groups is 3. The fourth-order valence-electron chi connectivity index (χ4n) is 4.18. The maximum absolute atomic E-state index is 13.1. The first-order valence-electron chi connectivity index (χ1n) is 10.5. The van der Waals surface area contributed by atoms with E-state index in [-0.39, 0.29) is 41.5 Å². The van der Waals surface area contributed by atoms with Crippen molar-refractivity contribution in [2.24, 2.45) is 0 Å². The molecule has 2 atom stereocenters. The van der Waals surface area contributed by atoms with Gasteiger partial charge in [-0.15, -0.1) is 0 Å². The van der Waals surface area contributed by atoms with Gasteiger partial charge in [-0.1, -0.05) is 35.9 Å². The number of hydrogen-bond acceptors (Lipinski definition) is 4. The molecule has 0 aliphatic carbocycles. The van der Waals surface area contributed by atoms with Crippen LogP contribution in [0.3, 0.4) is 0 Å². The third-order valence-corrected chi connectivity index (χ3v) is 5.84. The van der Waals surface area contributed by atoms with Crippen LogP contribution in [-0.4, -0.2) is 41.3 Å². The van der Waals surface area contributed by atoms with E-state index in [1.165, 1.54) is 0 Å². The Morgan fingerprint density at radius 2 is 1.57 bits per heavy atom. The van der Waals surface area contributed by atoms with Gasteiger partial charge in [0.05, 0.1) is 5.56 Å². The van der Waals surface area contributed by atoms with Crippen LogP contribution in [0.2, 0.25) is 0 Å². The second-order valence-corrected chi connectivity index (χ2v) is 8.20. The smallest absolute Gasteiger partial charge is 0.339 e. The number of carbonyl (C=O) groups excluding carboxylic acids is 3. The molecule has 0 N–H and O–H groups in total. The SMILES string of the molecule is Cc1ccc(C)c(C(=O)c2ccccc2C(=O)OCC(=O)N2[C@@H](C)CCC[C@@H]2C)c1. The van der Waals surface area contributed by atoms with E-state index in [0.29, 0.717) is 5.56 Å². The van der Waals surface area contributed by atoms with Crippen molar-refractivity contribution >= 4 is 17.7 Å². The molecule has 1 heterocycles. The summed E-state index contributed by atoms with van der Waals surface area (Å²) in [7, 11) is 0. The highest BCUT2D eigenvalue weighted by Crippen LogP contribution is 2.23. The fraction of sp³-hybridized carbons (Fsp3) is 0.400. The maximum Gasteiger partial charge on any atom is 0.339 e. The van der Waals surface area contributed by atoms with Crippen LogP contribution in [0.4, 0.5) is 0 Å². The standard InChI is InChI=1S/C25H29NO4/c1-16-12-13-17(2)22(14-16)24(28)20-10-5-6-11-21(20)25(29)30-15-23(27)26-18(3)8-7-9-19(26)4/h5-6,10-14,18-19H,7-9,15H2,1-4H3/t18-,19-/m0/s1. The quantitative estimate of drug-likeness (QED) is 0.541. The molecular weight excluding hydrogens is 378 g/mol. The number of piperidine rings is 1. The van der Waals surface area contributed by atoms with E-state index in [4.69, 9.17) is 4.74 Å². The first-order valence-corrected chi connectivity index (χ1v) is 10.5. The molecule has 2 aromatic rings. The highest BCUT2D eigenvalue weighted by molar-refractivity contribution is 6.15. The zero-order valence-electron chi connectivity index (χ0n) is 18.1. The molecule has 5 heteroatoms. The van der Waals surface area contributed by atoms with Gasteiger partial charge in [-0.25, -0.2) is 4.79 Å². The Bertz CT molecular complexity index is 955. The first kappa shape index (κ1) is 21.8. The average Bonchev–Trinajstić information content (AvgIpc) is 2.73. The maximum atomic E-state index is 13.1. The Hall–Kier alpha value is -2.95. The van der Waals surface area contributed by atoms with Gasteiger partial charge in [0.25, 0.3) is 5.91 Å². The summed E-state index contributed by atoms with van der Waals surface area (Å²) < 4.78 is 5.34. The van der Waals surface area contributed by atoms with E-state index >= 15 is 0 Å². The van der Waals surface area contributed by atoms with E-state index in [0.717, 1.165) is 30.4 Å². The Balaban J connectivity index is 1.77. The number of amides is 1. The molecule has 1 aliphatic heterocycles. The van der Waals surface area contributed by atoms with Crippen molar-refractivity contribution in [3.8, 4) is 0 Å². The van der Waals surface area contributed by atoms with E-state index in [2.05, 4.69) is 0 Å². The van der Waals surface area contributed by atoms with Gasteiger partial charge in [-0.2, -0.15) is 0 Å². The van der Waals surface area contributed by atoms with Gasteiger partial charge in [-0.3, -0.25) is 9.59 Å². The lowest BCUT2D eigenvalue weighted by Crippen LogP contribution is -2.49. The Labute approximate surface area is 178 Å². The van der Waals surface area contributed by atoms with Crippen LogP contribution in [0.1, 0.15) is 70.5 Å². The average molecular weight is 408 g/mol. The van der Waals surface area contributed by atoms with Crippen LogP contribution in [0.5, 0.6) is 0 Å². The number of hydrogen-bond donors (Lipinski definition) is 0. The molecule has 5 nitrogen and oxygen atoms in total. The number of likely N-dealkylation sites (tertiary alicyclic amines) is 1. The second-order valence-electron chi connectivity index (χ2n) is 8.20. The molecule has 0 bridgehead atoms. The molecule has 0 saturated carbocycles. The predicted octanol–water partition coefficient (Wildman–Crippen LogP) is 4.48. The molecule has 1 fully saturated rings. The van der Waals surface area contributed by atoms with E-state index in [1.807, 2.05) is 50.8 Å². The third kappa shape index (κ3) is 4.61. The second kappa shape index (κ2) is 9.24. The molecule has 1 amide bonds. The summed E-state index contributed by atoms with van der Waals surface area (Å²) in [6, 6.07) is 12.5. The van der Waals surface area contributed by atoms with Crippen LogP contribution in [0, 0.1) is 13.8 Å². The molecule has 1 aliphatic rings. The monoisotopic (exact) mass is 407 g/mol. The minimum Gasteiger partial charge on any atom is -0.452 e. The van der Waals surface area contributed by atoms with E-state index < -0.39 is 5.97 Å². The summed E-state index contributed by atoms with van der Waals surface area (Å²) in [5, 5.41) is 0. The summed E-state index contributed by atoms with van der Waals surface area (Å²) in [6.07, 6.45) is 3.01. The number of rotatable bonds is 5. The van der Waals surface area contributed by atoms with Crippen LogP contribution < -0.4 is 0 Å². The van der Waals surface area contributed by atoms with Crippen molar-refractivity contribution in [3.63, 3.8) is 0 Å². The Morgan fingerprint density at radius 3 is 2.23 bits per heavy atom. The Kier molecular flexibility index (Phi) is 6.70. The molecule has 30 heavy (non-hydrogen) atoms. The zero-order chi connectivity index (χ0) is 21.8. The summed E-state index contributed by atoms with van der Waals surface area (Å²) in [5.41, 5.74) is 2.83. The lowest BCUT2D eigenvalue weighted by Gasteiger charge is -2.38. The van der Waals surface area contributed by atoms with E-state index in [1.54, 1.807) is 24.3 Å². The van der Waals surface area contributed by atoms with E-state index in [9.17, 15) is 14.4 Å². The molecule has 1 saturated heterocycles. The van der Waals surface area contributed by atoms with Crippen molar-refractivity contribution in [3.05, 3.63) is 70.3 Å². The van der Waals surface area contributed by atoms with Crippen molar-refractivity contribution in [1.82, 2.24) is 4.90 Å². The molecule has 2 aromatic carbocycles. The van der Waals surface area contributed by atoms with Gasteiger partial charge in [0.2, 0.25) is 0 Å². The predicted molar refractivity (Wildman–Crippen MR) is 116 cm³/mol. The summed E-state index contributed by atoms with van der Waals surface area (Å²) in [5.74, 6) is -1.08. The number of aryl methyl sites for hydroxylation is 2. The molecule has 0 radical (unpaired) electrons. The van der Waals surface area contributed by atoms with Gasteiger partial charge in [0, 0.05) is 23.2 Å². The lowest BCUT2D eigenvalue weighted by atomic mass is 9.94. The largest absolute Gasteiger partial charge is 0.452 e. The van der Waals surface area contributed by atoms with Crippen molar-refractivity contribution in [2.45, 2.75) is 59.0 Å². The molecule has 0 aromatic heterocycles. The van der Waals surface area contributed by atoms with Crippen LogP contribution in [-0.2, 0) is 9.53 Å². The molecule has 3 rings (SSSR count).